The lowest BCUT2D eigenvalue weighted by Gasteiger charge is -2.10. The molecule has 3 rings (SSSR count). The molecular formula is C18H16BrNO2. The van der Waals surface area contributed by atoms with Crippen molar-refractivity contribution in [3.05, 3.63) is 70.3 Å². The Kier molecular flexibility index (Phi) is 4.29. The lowest BCUT2D eigenvalue weighted by molar-refractivity contribution is 0.0525. The maximum absolute atomic E-state index is 12.1. The van der Waals surface area contributed by atoms with Crippen molar-refractivity contribution >= 4 is 32.8 Å². The van der Waals surface area contributed by atoms with Crippen LogP contribution in [0.3, 0.4) is 0 Å². The fourth-order valence-electron chi connectivity index (χ4n) is 2.56. The molecule has 0 unspecified atom stereocenters. The molecule has 0 N–H and O–H groups in total. The molecule has 0 amide bonds. The van der Waals surface area contributed by atoms with Crippen molar-refractivity contribution in [2.24, 2.45) is 0 Å². The number of aromatic nitrogens is 1. The molecule has 0 aliphatic rings. The van der Waals surface area contributed by atoms with Gasteiger partial charge in [-0.15, -0.1) is 0 Å². The van der Waals surface area contributed by atoms with E-state index in [0.29, 0.717) is 18.7 Å². The van der Waals surface area contributed by atoms with Crippen LogP contribution in [0.15, 0.2) is 59.2 Å². The summed E-state index contributed by atoms with van der Waals surface area (Å²) < 4.78 is 8.34. The van der Waals surface area contributed by atoms with Gasteiger partial charge in [-0.2, -0.15) is 0 Å². The van der Waals surface area contributed by atoms with E-state index in [4.69, 9.17) is 4.74 Å². The van der Waals surface area contributed by atoms with Crippen molar-refractivity contribution < 1.29 is 9.53 Å². The molecule has 22 heavy (non-hydrogen) atoms. The molecular weight excluding hydrogens is 342 g/mol. The molecule has 0 spiro atoms. The number of hydrogen-bond donors (Lipinski definition) is 0. The van der Waals surface area contributed by atoms with Crippen LogP contribution in [0.2, 0.25) is 0 Å². The Morgan fingerprint density at radius 3 is 2.82 bits per heavy atom. The van der Waals surface area contributed by atoms with Crippen molar-refractivity contribution in [3.8, 4) is 0 Å². The fourth-order valence-corrected chi connectivity index (χ4v) is 2.94. The van der Waals surface area contributed by atoms with Crippen LogP contribution in [-0.4, -0.2) is 17.1 Å². The van der Waals surface area contributed by atoms with E-state index in [9.17, 15) is 4.79 Å². The highest BCUT2D eigenvalue weighted by Crippen LogP contribution is 2.22. The molecule has 0 atom stereocenters. The molecule has 1 aromatic heterocycles. The van der Waals surface area contributed by atoms with Gasteiger partial charge in [-0.1, -0.05) is 34.1 Å². The van der Waals surface area contributed by atoms with Crippen LogP contribution in [0.5, 0.6) is 0 Å². The predicted molar refractivity (Wildman–Crippen MR) is 91.1 cm³/mol. The molecule has 0 radical (unpaired) electrons. The molecule has 3 aromatic rings. The summed E-state index contributed by atoms with van der Waals surface area (Å²) >= 11 is 3.49. The SMILES string of the molecule is CCOC(=O)c1ccccc1Cn1ccc2cc(Br)ccc21. The zero-order valence-corrected chi connectivity index (χ0v) is 13.8. The number of carbonyl (C=O) groups is 1. The summed E-state index contributed by atoms with van der Waals surface area (Å²) in [6.07, 6.45) is 2.04. The van der Waals surface area contributed by atoms with Gasteiger partial charge in [0.05, 0.1) is 12.2 Å². The highest BCUT2D eigenvalue weighted by molar-refractivity contribution is 9.10. The molecule has 0 saturated carbocycles. The number of carbonyl (C=O) groups excluding carboxylic acids is 1. The Balaban J connectivity index is 1.97. The van der Waals surface area contributed by atoms with Gasteiger partial charge in [0.1, 0.15) is 0 Å². The summed E-state index contributed by atoms with van der Waals surface area (Å²) in [6.45, 7) is 2.84. The van der Waals surface area contributed by atoms with Crippen molar-refractivity contribution in [2.75, 3.05) is 6.61 Å². The van der Waals surface area contributed by atoms with Crippen molar-refractivity contribution in [2.45, 2.75) is 13.5 Å². The maximum atomic E-state index is 12.1. The molecule has 0 aliphatic carbocycles. The van der Waals surface area contributed by atoms with Gasteiger partial charge in [-0.25, -0.2) is 4.79 Å². The number of rotatable bonds is 4. The molecule has 3 nitrogen and oxygen atoms in total. The molecule has 4 heteroatoms. The summed E-state index contributed by atoms with van der Waals surface area (Å²) in [5.74, 6) is -0.266. The standard InChI is InChI=1S/C18H16BrNO2/c1-2-22-18(21)16-6-4-3-5-14(16)12-20-10-9-13-11-15(19)7-8-17(13)20/h3-11H,2,12H2,1H3. The minimum absolute atomic E-state index is 0.266. The highest BCUT2D eigenvalue weighted by Gasteiger charge is 2.12. The number of hydrogen-bond acceptors (Lipinski definition) is 2. The van der Waals surface area contributed by atoms with E-state index in [2.05, 4.69) is 38.7 Å². The van der Waals surface area contributed by atoms with Crippen molar-refractivity contribution in [3.63, 3.8) is 0 Å². The topological polar surface area (TPSA) is 31.2 Å². The molecule has 0 aliphatic heterocycles. The van der Waals surface area contributed by atoms with Crippen LogP contribution < -0.4 is 0 Å². The van der Waals surface area contributed by atoms with Gasteiger partial charge in [-0.3, -0.25) is 0 Å². The smallest absolute Gasteiger partial charge is 0.338 e. The predicted octanol–water partition coefficient (Wildman–Crippen LogP) is 4.63. The van der Waals surface area contributed by atoms with E-state index < -0.39 is 0 Å². The Labute approximate surface area is 137 Å². The van der Waals surface area contributed by atoms with E-state index >= 15 is 0 Å². The van der Waals surface area contributed by atoms with Gasteiger partial charge in [0.25, 0.3) is 0 Å². The van der Waals surface area contributed by atoms with Crippen LogP contribution in [0.4, 0.5) is 0 Å². The third-order valence-electron chi connectivity index (χ3n) is 3.59. The van der Waals surface area contributed by atoms with Crippen LogP contribution in [0, 0.1) is 0 Å². The lowest BCUT2D eigenvalue weighted by atomic mass is 10.1. The van der Waals surface area contributed by atoms with Crippen LogP contribution in [-0.2, 0) is 11.3 Å². The van der Waals surface area contributed by atoms with Crippen molar-refractivity contribution in [1.29, 1.82) is 0 Å². The first-order chi connectivity index (χ1) is 10.7. The van der Waals surface area contributed by atoms with E-state index in [1.54, 1.807) is 0 Å². The first-order valence-electron chi connectivity index (χ1n) is 7.18. The Morgan fingerprint density at radius 2 is 2.00 bits per heavy atom. The summed E-state index contributed by atoms with van der Waals surface area (Å²) in [5, 5.41) is 1.17. The molecule has 2 aromatic carbocycles. The number of benzene rings is 2. The highest BCUT2D eigenvalue weighted by atomic mass is 79.9. The summed E-state index contributed by atoms with van der Waals surface area (Å²) in [6, 6.07) is 15.9. The third kappa shape index (κ3) is 2.92. The first-order valence-corrected chi connectivity index (χ1v) is 7.97. The molecule has 1 heterocycles. The first kappa shape index (κ1) is 14.9. The third-order valence-corrected chi connectivity index (χ3v) is 4.08. The Morgan fingerprint density at radius 1 is 1.18 bits per heavy atom. The quantitative estimate of drug-likeness (QED) is 0.637. The minimum Gasteiger partial charge on any atom is -0.462 e. The maximum Gasteiger partial charge on any atom is 0.338 e. The second-order valence-corrected chi connectivity index (χ2v) is 5.94. The van der Waals surface area contributed by atoms with Gasteiger partial charge in [0, 0.05) is 28.1 Å². The normalized spacial score (nSPS) is 10.8. The van der Waals surface area contributed by atoms with E-state index in [1.807, 2.05) is 43.5 Å². The summed E-state index contributed by atoms with van der Waals surface area (Å²) in [5.41, 5.74) is 2.73. The Hall–Kier alpha value is -2.07. The van der Waals surface area contributed by atoms with Gasteiger partial charge >= 0.3 is 5.97 Å². The van der Waals surface area contributed by atoms with Gasteiger partial charge in [-0.05, 0) is 42.8 Å². The fraction of sp³-hybridized carbons (Fsp3) is 0.167. The zero-order valence-electron chi connectivity index (χ0n) is 12.3. The van der Waals surface area contributed by atoms with Gasteiger partial charge < -0.3 is 9.30 Å². The molecule has 0 fully saturated rings. The van der Waals surface area contributed by atoms with Crippen molar-refractivity contribution in [1.82, 2.24) is 4.57 Å². The second-order valence-electron chi connectivity index (χ2n) is 5.02. The summed E-state index contributed by atoms with van der Waals surface area (Å²) in [4.78, 5) is 12.1. The van der Waals surface area contributed by atoms with Crippen LogP contribution in [0.25, 0.3) is 10.9 Å². The monoisotopic (exact) mass is 357 g/mol. The van der Waals surface area contributed by atoms with E-state index in [-0.39, 0.29) is 5.97 Å². The Bertz CT molecular complexity index is 823. The van der Waals surface area contributed by atoms with Crippen LogP contribution in [0.1, 0.15) is 22.8 Å². The van der Waals surface area contributed by atoms with Gasteiger partial charge in [0.15, 0.2) is 0 Å². The largest absolute Gasteiger partial charge is 0.462 e. The lowest BCUT2D eigenvalue weighted by Crippen LogP contribution is -2.10. The van der Waals surface area contributed by atoms with E-state index in [0.717, 1.165) is 15.6 Å². The van der Waals surface area contributed by atoms with E-state index in [1.165, 1.54) is 5.39 Å². The molecule has 0 saturated heterocycles. The molecule has 112 valence electrons. The minimum atomic E-state index is -0.266. The number of fused-ring (bicyclic) bond motifs is 1. The number of nitrogens with zero attached hydrogens (tertiary/aromatic N) is 1. The molecule has 0 bridgehead atoms. The summed E-state index contributed by atoms with van der Waals surface area (Å²) in [7, 11) is 0. The average molecular weight is 358 g/mol. The van der Waals surface area contributed by atoms with Gasteiger partial charge in [0.2, 0.25) is 0 Å². The number of ether oxygens (including phenoxy) is 1. The zero-order chi connectivity index (χ0) is 15.5. The number of halogens is 1. The number of esters is 1. The van der Waals surface area contributed by atoms with Crippen LogP contribution >= 0.6 is 15.9 Å². The second kappa shape index (κ2) is 6.36. The average Bonchev–Trinajstić information content (AvgIpc) is 2.90.